The molecule has 0 radical (unpaired) electrons. The summed E-state index contributed by atoms with van der Waals surface area (Å²) in [6.07, 6.45) is 0. The van der Waals surface area contributed by atoms with E-state index < -0.39 is 39.1 Å². The minimum Gasteiger partial charge on any atom is -0.465 e. The maximum atomic E-state index is 13.3. The standard InChI is InChI=1S/C22H19N3O7S/c1-32-22(27)16-11-13-17(14-12-16)23-21(26)15-24(19-9-5-6-10-20(19)25(28)29)33(30,31)18-7-3-2-4-8-18/h2-14H,15H2,1H3,(H,23,26). The molecular formula is C22H19N3O7S. The average Bonchev–Trinajstić information content (AvgIpc) is 2.83. The van der Waals surface area contributed by atoms with Gasteiger partial charge in [-0.05, 0) is 42.5 Å². The molecule has 33 heavy (non-hydrogen) atoms. The van der Waals surface area contributed by atoms with Gasteiger partial charge >= 0.3 is 5.97 Å². The summed E-state index contributed by atoms with van der Waals surface area (Å²) in [4.78, 5) is 35.0. The van der Waals surface area contributed by atoms with Crippen molar-refractivity contribution < 1.29 is 27.7 Å². The van der Waals surface area contributed by atoms with Crippen LogP contribution in [0, 0.1) is 10.1 Å². The summed E-state index contributed by atoms with van der Waals surface area (Å²) >= 11 is 0. The molecule has 0 aliphatic rings. The zero-order valence-electron chi connectivity index (χ0n) is 17.4. The Balaban J connectivity index is 1.95. The second-order valence-electron chi connectivity index (χ2n) is 6.69. The predicted molar refractivity (Wildman–Crippen MR) is 120 cm³/mol. The molecule has 0 bridgehead atoms. The van der Waals surface area contributed by atoms with Crippen LogP contribution in [0.25, 0.3) is 0 Å². The highest BCUT2D eigenvalue weighted by molar-refractivity contribution is 7.92. The molecule has 1 amide bonds. The maximum absolute atomic E-state index is 13.3. The normalized spacial score (nSPS) is 10.8. The zero-order chi connectivity index (χ0) is 24.0. The van der Waals surface area contributed by atoms with Gasteiger partial charge in [0.15, 0.2) is 0 Å². The molecule has 0 fully saturated rings. The van der Waals surface area contributed by atoms with Gasteiger partial charge in [0, 0.05) is 11.8 Å². The van der Waals surface area contributed by atoms with E-state index in [1.807, 2.05) is 0 Å². The first-order chi connectivity index (χ1) is 15.7. The molecule has 0 atom stereocenters. The van der Waals surface area contributed by atoms with Crippen molar-refractivity contribution >= 4 is 39.0 Å². The lowest BCUT2D eigenvalue weighted by Gasteiger charge is -2.23. The number of para-hydroxylation sites is 2. The van der Waals surface area contributed by atoms with Crippen molar-refractivity contribution in [2.45, 2.75) is 4.90 Å². The molecule has 170 valence electrons. The van der Waals surface area contributed by atoms with Crippen LogP contribution in [0.4, 0.5) is 17.1 Å². The molecule has 3 aromatic carbocycles. The number of hydrogen-bond donors (Lipinski definition) is 1. The zero-order valence-corrected chi connectivity index (χ0v) is 18.2. The van der Waals surface area contributed by atoms with Crippen LogP contribution in [0.15, 0.2) is 83.8 Å². The van der Waals surface area contributed by atoms with Crippen LogP contribution in [-0.4, -0.2) is 38.9 Å². The monoisotopic (exact) mass is 469 g/mol. The van der Waals surface area contributed by atoms with E-state index in [-0.39, 0.29) is 16.1 Å². The SMILES string of the molecule is COC(=O)c1ccc(NC(=O)CN(c2ccccc2[N+](=O)[O-])S(=O)(=O)c2ccccc2)cc1. The van der Waals surface area contributed by atoms with Crippen molar-refractivity contribution in [3.05, 3.63) is 94.5 Å². The first-order valence-electron chi connectivity index (χ1n) is 9.53. The summed E-state index contributed by atoms with van der Waals surface area (Å²) < 4.78 is 31.9. The molecular weight excluding hydrogens is 450 g/mol. The lowest BCUT2D eigenvalue weighted by molar-refractivity contribution is -0.384. The van der Waals surface area contributed by atoms with E-state index in [1.165, 1.54) is 73.8 Å². The number of methoxy groups -OCH3 is 1. The van der Waals surface area contributed by atoms with Crippen molar-refractivity contribution in [3.63, 3.8) is 0 Å². The minimum absolute atomic E-state index is 0.126. The quantitative estimate of drug-likeness (QED) is 0.304. The Bertz CT molecular complexity index is 1280. The van der Waals surface area contributed by atoms with Gasteiger partial charge in [-0.3, -0.25) is 14.9 Å². The molecule has 3 rings (SSSR count). The van der Waals surface area contributed by atoms with Crippen LogP contribution in [0.2, 0.25) is 0 Å². The van der Waals surface area contributed by atoms with E-state index >= 15 is 0 Å². The number of nitro benzene ring substituents is 1. The first kappa shape index (κ1) is 23.4. The number of nitro groups is 1. The summed E-state index contributed by atoms with van der Waals surface area (Å²) in [7, 11) is -3.07. The van der Waals surface area contributed by atoms with Gasteiger partial charge in [-0.2, -0.15) is 0 Å². The third-order valence-corrected chi connectivity index (χ3v) is 6.33. The lowest BCUT2D eigenvalue weighted by Crippen LogP contribution is -2.38. The van der Waals surface area contributed by atoms with Crippen LogP contribution in [-0.2, 0) is 19.6 Å². The molecule has 0 aliphatic carbocycles. The number of sulfonamides is 1. The molecule has 0 unspecified atom stereocenters. The molecule has 10 nitrogen and oxygen atoms in total. The van der Waals surface area contributed by atoms with Gasteiger partial charge < -0.3 is 10.1 Å². The number of carbonyl (C=O) groups excluding carboxylic acids is 2. The van der Waals surface area contributed by atoms with Crippen molar-refractivity contribution in [3.8, 4) is 0 Å². The van der Waals surface area contributed by atoms with Crippen LogP contribution in [0.3, 0.4) is 0 Å². The van der Waals surface area contributed by atoms with Gasteiger partial charge in [0.05, 0.1) is 22.5 Å². The number of nitrogens with one attached hydrogen (secondary N) is 1. The highest BCUT2D eigenvalue weighted by atomic mass is 32.2. The Morgan fingerprint density at radius 3 is 2.18 bits per heavy atom. The topological polar surface area (TPSA) is 136 Å². The van der Waals surface area contributed by atoms with Gasteiger partial charge in [-0.25, -0.2) is 17.5 Å². The Morgan fingerprint density at radius 1 is 0.970 bits per heavy atom. The third kappa shape index (κ3) is 5.33. The molecule has 3 aromatic rings. The summed E-state index contributed by atoms with van der Waals surface area (Å²) in [6, 6.07) is 18.3. The van der Waals surface area contributed by atoms with Crippen molar-refractivity contribution in [2.75, 3.05) is 23.3 Å². The second kappa shape index (κ2) is 9.92. The van der Waals surface area contributed by atoms with Crippen LogP contribution >= 0.6 is 0 Å². The summed E-state index contributed by atoms with van der Waals surface area (Å²) in [5.74, 6) is -1.29. The minimum atomic E-state index is -4.31. The Labute approximate surface area is 189 Å². The second-order valence-corrected chi connectivity index (χ2v) is 8.55. The number of hydrogen-bond acceptors (Lipinski definition) is 7. The van der Waals surface area contributed by atoms with Gasteiger partial charge in [0.1, 0.15) is 12.2 Å². The number of benzene rings is 3. The van der Waals surface area contributed by atoms with Gasteiger partial charge in [-0.15, -0.1) is 0 Å². The van der Waals surface area contributed by atoms with Crippen LogP contribution in [0.5, 0.6) is 0 Å². The summed E-state index contributed by atoms with van der Waals surface area (Å²) in [6.45, 7) is -0.721. The number of anilines is 2. The molecule has 0 heterocycles. The fourth-order valence-electron chi connectivity index (χ4n) is 2.99. The van der Waals surface area contributed by atoms with Crippen molar-refractivity contribution in [2.24, 2.45) is 0 Å². The third-order valence-electron chi connectivity index (χ3n) is 4.56. The van der Waals surface area contributed by atoms with E-state index in [9.17, 15) is 28.1 Å². The van der Waals surface area contributed by atoms with Gasteiger partial charge in [0.25, 0.3) is 15.7 Å². The number of esters is 1. The Hall–Kier alpha value is -4.25. The van der Waals surface area contributed by atoms with E-state index in [4.69, 9.17) is 0 Å². The van der Waals surface area contributed by atoms with Crippen LogP contribution < -0.4 is 9.62 Å². The number of carbonyl (C=O) groups is 2. The van der Waals surface area contributed by atoms with Gasteiger partial charge in [-0.1, -0.05) is 30.3 Å². The largest absolute Gasteiger partial charge is 0.465 e. The first-order valence-corrected chi connectivity index (χ1v) is 11.0. The highest BCUT2D eigenvalue weighted by Gasteiger charge is 2.31. The number of nitrogens with zero attached hydrogens (tertiary/aromatic N) is 2. The Morgan fingerprint density at radius 2 is 1.58 bits per heavy atom. The van der Waals surface area contributed by atoms with Crippen LogP contribution in [0.1, 0.15) is 10.4 Å². The smallest absolute Gasteiger partial charge is 0.337 e. The summed E-state index contributed by atoms with van der Waals surface area (Å²) in [5.41, 5.74) is -0.147. The van der Waals surface area contributed by atoms with E-state index in [1.54, 1.807) is 6.07 Å². The van der Waals surface area contributed by atoms with E-state index in [0.29, 0.717) is 9.99 Å². The fourth-order valence-corrected chi connectivity index (χ4v) is 4.44. The maximum Gasteiger partial charge on any atom is 0.337 e. The highest BCUT2D eigenvalue weighted by Crippen LogP contribution is 2.32. The molecule has 0 saturated heterocycles. The average molecular weight is 469 g/mol. The van der Waals surface area contributed by atoms with E-state index in [0.717, 1.165) is 6.07 Å². The molecule has 0 saturated carbocycles. The number of ether oxygens (including phenoxy) is 1. The van der Waals surface area contributed by atoms with Crippen molar-refractivity contribution in [1.29, 1.82) is 0 Å². The fraction of sp³-hybridized carbons (Fsp3) is 0.0909. The number of amides is 1. The van der Waals surface area contributed by atoms with E-state index in [2.05, 4.69) is 10.1 Å². The predicted octanol–water partition coefficient (Wildman–Crippen LogP) is 3.22. The van der Waals surface area contributed by atoms with Gasteiger partial charge in [0.2, 0.25) is 5.91 Å². The van der Waals surface area contributed by atoms with Crippen molar-refractivity contribution in [1.82, 2.24) is 0 Å². The lowest BCUT2D eigenvalue weighted by atomic mass is 10.2. The summed E-state index contributed by atoms with van der Waals surface area (Å²) in [5, 5.41) is 14.1. The molecule has 0 aliphatic heterocycles. The molecule has 1 N–H and O–H groups in total. The number of rotatable bonds is 8. The molecule has 0 aromatic heterocycles. The molecule has 0 spiro atoms. The molecule has 11 heteroatoms. The Kier molecular flexibility index (Phi) is 7.04.